The average molecular weight is 352 g/mol. The van der Waals surface area contributed by atoms with Crippen LogP contribution in [0.5, 0.6) is 0 Å². The van der Waals surface area contributed by atoms with Gasteiger partial charge in [0, 0.05) is 51.4 Å². The summed E-state index contributed by atoms with van der Waals surface area (Å²) in [5.41, 5.74) is 0. The van der Waals surface area contributed by atoms with E-state index in [9.17, 15) is 0 Å². The molecular weight excluding hydrogens is 314 g/mol. The van der Waals surface area contributed by atoms with Crippen LogP contribution in [0, 0.1) is 5.92 Å². The predicted molar refractivity (Wildman–Crippen MR) is 100.0 cm³/mol. The molecule has 3 atom stereocenters. The Bertz CT molecular complexity index is 396. The van der Waals surface area contributed by atoms with Crippen LogP contribution in [0.3, 0.4) is 0 Å². The highest BCUT2D eigenvalue weighted by molar-refractivity contribution is 4.93. The Morgan fingerprint density at radius 2 is 1.60 bits per heavy atom. The van der Waals surface area contributed by atoms with Gasteiger partial charge in [0.05, 0.1) is 25.9 Å². The van der Waals surface area contributed by atoms with Crippen molar-refractivity contribution in [3.05, 3.63) is 0 Å². The molecule has 0 bridgehead atoms. The summed E-state index contributed by atoms with van der Waals surface area (Å²) in [5, 5.41) is 3.90. The van der Waals surface area contributed by atoms with E-state index in [4.69, 9.17) is 9.47 Å². The van der Waals surface area contributed by atoms with Crippen molar-refractivity contribution in [1.82, 2.24) is 15.1 Å². The van der Waals surface area contributed by atoms with E-state index in [1.807, 2.05) is 0 Å². The summed E-state index contributed by atoms with van der Waals surface area (Å²) in [5.74, 6) is 0.943. The topological polar surface area (TPSA) is 37.0 Å². The molecule has 0 spiro atoms. The molecule has 1 N–H and O–H groups in total. The number of rotatable bonds is 5. The molecule has 5 nitrogen and oxygen atoms in total. The number of nitrogens with zero attached hydrogens (tertiary/aromatic N) is 2. The van der Waals surface area contributed by atoms with Crippen LogP contribution in [0.4, 0.5) is 0 Å². The third-order valence-electron chi connectivity index (χ3n) is 6.73. The first kappa shape index (κ1) is 18.2. The molecule has 144 valence electrons. The third-order valence-corrected chi connectivity index (χ3v) is 6.73. The molecular formula is C20H37N3O2. The van der Waals surface area contributed by atoms with Crippen molar-refractivity contribution in [3.63, 3.8) is 0 Å². The van der Waals surface area contributed by atoms with Gasteiger partial charge in [-0.1, -0.05) is 19.3 Å². The first-order chi connectivity index (χ1) is 12.4. The summed E-state index contributed by atoms with van der Waals surface area (Å²) in [6.07, 6.45) is 10.2. The van der Waals surface area contributed by atoms with Gasteiger partial charge < -0.3 is 14.8 Å². The standard InChI is InChI=1S/C20H37N3O2/c1-2-4-17(5-3-1)14-23-10-13-25-20(16-23)19-7-6-18(21-19)15-22-8-11-24-12-9-22/h17-21H,1-16H2. The van der Waals surface area contributed by atoms with Gasteiger partial charge in [-0.2, -0.15) is 0 Å². The van der Waals surface area contributed by atoms with E-state index < -0.39 is 0 Å². The molecule has 3 saturated heterocycles. The molecule has 25 heavy (non-hydrogen) atoms. The van der Waals surface area contributed by atoms with E-state index in [0.29, 0.717) is 18.2 Å². The monoisotopic (exact) mass is 351 g/mol. The Hall–Kier alpha value is -0.200. The fourth-order valence-corrected chi connectivity index (χ4v) is 5.26. The quantitative estimate of drug-likeness (QED) is 0.816. The first-order valence-corrected chi connectivity index (χ1v) is 10.8. The van der Waals surface area contributed by atoms with Crippen molar-refractivity contribution < 1.29 is 9.47 Å². The molecule has 0 amide bonds. The Labute approximate surface area is 153 Å². The highest BCUT2D eigenvalue weighted by atomic mass is 16.5. The Kier molecular flexibility index (Phi) is 6.64. The van der Waals surface area contributed by atoms with Gasteiger partial charge in [-0.3, -0.25) is 9.80 Å². The molecule has 0 aromatic heterocycles. The summed E-state index contributed by atoms with van der Waals surface area (Å²) in [6, 6.07) is 1.20. The molecule has 4 fully saturated rings. The van der Waals surface area contributed by atoms with Gasteiger partial charge in [-0.15, -0.1) is 0 Å². The summed E-state index contributed by atoms with van der Waals surface area (Å²) in [7, 11) is 0. The normalized spacial score (nSPS) is 36.7. The van der Waals surface area contributed by atoms with Crippen molar-refractivity contribution in [2.45, 2.75) is 63.1 Å². The van der Waals surface area contributed by atoms with Crippen LogP contribution in [0.1, 0.15) is 44.9 Å². The lowest BCUT2D eigenvalue weighted by atomic mass is 9.88. The zero-order valence-corrected chi connectivity index (χ0v) is 15.8. The van der Waals surface area contributed by atoms with E-state index in [1.165, 1.54) is 58.0 Å². The molecule has 4 aliphatic rings. The molecule has 0 radical (unpaired) electrons. The molecule has 1 saturated carbocycles. The fraction of sp³-hybridized carbons (Fsp3) is 1.00. The maximum absolute atomic E-state index is 6.18. The van der Waals surface area contributed by atoms with Gasteiger partial charge in [-0.05, 0) is 31.6 Å². The second-order valence-corrected chi connectivity index (χ2v) is 8.63. The lowest BCUT2D eigenvalue weighted by molar-refractivity contribution is -0.0495. The van der Waals surface area contributed by atoms with Crippen molar-refractivity contribution >= 4 is 0 Å². The molecule has 3 heterocycles. The zero-order valence-electron chi connectivity index (χ0n) is 15.8. The minimum absolute atomic E-state index is 0.395. The number of nitrogens with one attached hydrogen (secondary N) is 1. The smallest absolute Gasteiger partial charge is 0.0855 e. The predicted octanol–water partition coefficient (Wildman–Crippen LogP) is 1.72. The SMILES string of the molecule is C1CCC(CN2CCOC(C3CCC(CN4CCOCC4)N3)C2)CC1. The van der Waals surface area contributed by atoms with E-state index in [0.717, 1.165) is 51.9 Å². The largest absolute Gasteiger partial charge is 0.379 e. The average Bonchev–Trinajstić information content (AvgIpc) is 3.12. The summed E-state index contributed by atoms with van der Waals surface area (Å²) in [6.45, 7) is 9.67. The molecule has 0 aromatic rings. The van der Waals surface area contributed by atoms with Crippen molar-refractivity contribution in [2.75, 3.05) is 59.1 Å². The Balaban J connectivity index is 1.21. The van der Waals surface area contributed by atoms with Crippen LogP contribution in [0.25, 0.3) is 0 Å². The molecule has 3 unspecified atom stereocenters. The summed E-state index contributed by atoms with van der Waals surface area (Å²) in [4.78, 5) is 5.25. The highest BCUT2D eigenvalue weighted by Crippen LogP contribution is 2.26. The highest BCUT2D eigenvalue weighted by Gasteiger charge is 2.35. The van der Waals surface area contributed by atoms with Crippen LogP contribution in [-0.4, -0.2) is 87.1 Å². The summed E-state index contributed by atoms with van der Waals surface area (Å²) >= 11 is 0. The first-order valence-electron chi connectivity index (χ1n) is 10.8. The van der Waals surface area contributed by atoms with Crippen LogP contribution in [-0.2, 0) is 9.47 Å². The minimum Gasteiger partial charge on any atom is -0.379 e. The van der Waals surface area contributed by atoms with E-state index in [-0.39, 0.29) is 0 Å². The lowest BCUT2D eigenvalue weighted by Crippen LogP contribution is -2.53. The van der Waals surface area contributed by atoms with Gasteiger partial charge in [0.2, 0.25) is 0 Å². The molecule has 1 aliphatic carbocycles. The number of morpholine rings is 2. The van der Waals surface area contributed by atoms with Crippen molar-refractivity contribution in [1.29, 1.82) is 0 Å². The van der Waals surface area contributed by atoms with Gasteiger partial charge >= 0.3 is 0 Å². The van der Waals surface area contributed by atoms with Crippen LogP contribution >= 0.6 is 0 Å². The molecule has 0 aromatic carbocycles. The Morgan fingerprint density at radius 3 is 2.44 bits per heavy atom. The minimum atomic E-state index is 0.395. The van der Waals surface area contributed by atoms with E-state index in [2.05, 4.69) is 15.1 Å². The Morgan fingerprint density at radius 1 is 0.800 bits per heavy atom. The summed E-state index contributed by atoms with van der Waals surface area (Å²) < 4.78 is 11.6. The second-order valence-electron chi connectivity index (χ2n) is 8.63. The van der Waals surface area contributed by atoms with Crippen LogP contribution < -0.4 is 5.32 Å². The zero-order chi connectivity index (χ0) is 16.9. The molecule has 3 aliphatic heterocycles. The van der Waals surface area contributed by atoms with Crippen LogP contribution in [0.2, 0.25) is 0 Å². The number of ether oxygens (including phenoxy) is 2. The number of hydrogen-bond acceptors (Lipinski definition) is 5. The van der Waals surface area contributed by atoms with E-state index >= 15 is 0 Å². The van der Waals surface area contributed by atoms with Crippen LogP contribution in [0.15, 0.2) is 0 Å². The van der Waals surface area contributed by atoms with Crippen molar-refractivity contribution in [2.24, 2.45) is 5.92 Å². The number of hydrogen-bond donors (Lipinski definition) is 1. The van der Waals surface area contributed by atoms with Gasteiger partial charge in [-0.25, -0.2) is 0 Å². The maximum Gasteiger partial charge on any atom is 0.0855 e. The second kappa shape index (κ2) is 9.14. The van der Waals surface area contributed by atoms with Crippen molar-refractivity contribution in [3.8, 4) is 0 Å². The fourth-order valence-electron chi connectivity index (χ4n) is 5.26. The van der Waals surface area contributed by atoms with E-state index in [1.54, 1.807) is 0 Å². The van der Waals surface area contributed by atoms with Gasteiger partial charge in [0.1, 0.15) is 0 Å². The maximum atomic E-state index is 6.18. The third kappa shape index (κ3) is 5.16. The molecule has 5 heteroatoms. The van der Waals surface area contributed by atoms with Gasteiger partial charge in [0.25, 0.3) is 0 Å². The lowest BCUT2D eigenvalue weighted by Gasteiger charge is -2.38. The molecule has 4 rings (SSSR count). The van der Waals surface area contributed by atoms with Gasteiger partial charge in [0.15, 0.2) is 0 Å².